The average Bonchev–Trinajstić information content (AvgIpc) is 2.74. The number of phenols is 1. The van der Waals surface area contributed by atoms with E-state index in [4.69, 9.17) is 9.47 Å². The van der Waals surface area contributed by atoms with Crippen LogP contribution in [0, 0.1) is 5.92 Å². The number of halogens is 1. The maximum absolute atomic E-state index is 12.0. The molecule has 0 bridgehead atoms. The van der Waals surface area contributed by atoms with Crippen molar-refractivity contribution in [3.63, 3.8) is 0 Å². The van der Waals surface area contributed by atoms with Gasteiger partial charge in [-0.25, -0.2) is 0 Å². The molecule has 0 radical (unpaired) electrons. The Morgan fingerprint density at radius 2 is 1.87 bits per heavy atom. The normalized spacial score (nSPS) is 14.6. The number of aliphatic imine (C=N–C) groups is 1. The van der Waals surface area contributed by atoms with Crippen LogP contribution >= 0.6 is 24.0 Å². The number of hydrogen-bond acceptors (Lipinski definition) is 5. The standard InChI is InChI=1S/C21H34N4O4.HI/c1-2-22-21(24-10-3-13-29-16-17-8-14-28-15-9-17)25-12-11-23-20(27)18-4-6-19(26)7-5-18;/h4-7,17,26H,2-3,8-16H2,1H3,(H,23,27)(H2,22,24,25);1H. The molecular weight excluding hydrogens is 499 g/mol. The molecule has 1 aliphatic rings. The summed E-state index contributed by atoms with van der Waals surface area (Å²) in [6.45, 7) is 7.73. The molecule has 0 spiro atoms. The molecule has 1 aliphatic heterocycles. The summed E-state index contributed by atoms with van der Waals surface area (Å²) in [6, 6.07) is 6.17. The first-order chi connectivity index (χ1) is 14.2. The Morgan fingerprint density at radius 1 is 1.17 bits per heavy atom. The fourth-order valence-corrected chi connectivity index (χ4v) is 2.93. The lowest BCUT2D eigenvalue weighted by molar-refractivity contribution is 0.0205. The van der Waals surface area contributed by atoms with Crippen LogP contribution in [0.25, 0.3) is 0 Å². The predicted molar refractivity (Wildman–Crippen MR) is 129 cm³/mol. The van der Waals surface area contributed by atoms with Gasteiger partial charge in [-0.2, -0.15) is 0 Å². The number of hydrogen-bond donors (Lipinski definition) is 4. The number of phenolic OH excluding ortho intramolecular Hbond substituents is 1. The van der Waals surface area contributed by atoms with Crippen molar-refractivity contribution in [3.8, 4) is 5.75 Å². The third kappa shape index (κ3) is 11.0. The molecule has 1 fully saturated rings. The fourth-order valence-electron chi connectivity index (χ4n) is 2.93. The smallest absolute Gasteiger partial charge is 0.251 e. The first kappa shape index (κ1) is 26.4. The topological polar surface area (TPSA) is 104 Å². The summed E-state index contributed by atoms with van der Waals surface area (Å²) in [5, 5.41) is 18.5. The first-order valence-electron chi connectivity index (χ1n) is 10.4. The van der Waals surface area contributed by atoms with Gasteiger partial charge in [0.2, 0.25) is 0 Å². The summed E-state index contributed by atoms with van der Waals surface area (Å²) in [6.07, 6.45) is 3.06. The van der Waals surface area contributed by atoms with Gasteiger partial charge in [0.1, 0.15) is 5.75 Å². The first-order valence-corrected chi connectivity index (χ1v) is 10.4. The lowest BCUT2D eigenvalue weighted by Crippen LogP contribution is -2.41. The van der Waals surface area contributed by atoms with Gasteiger partial charge in [-0.1, -0.05) is 0 Å². The van der Waals surface area contributed by atoms with Gasteiger partial charge in [-0.15, -0.1) is 24.0 Å². The number of rotatable bonds is 11. The highest BCUT2D eigenvalue weighted by Crippen LogP contribution is 2.14. The summed E-state index contributed by atoms with van der Waals surface area (Å²) in [4.78, 5) is 16.6. The van der Waals surface area contributed by atoms with Crippen molar-refractivity contribution in [1.29, 1.82) is 0 Å². The molecule has 30 heavy (non-hydrogen) atoms. The predicted octanol–water partition coefficient (Wildman–Crippen LogP) is 2.13. The Balaban J connectivity index is 0.00000450. The van der Waals surface area contributed by atoms with E-state index >= 15 is 0 Å². The van der Waals surface area contributed by atoms with Crippen LogP contribution in [0.2, 0.25) is 0 Å². The fraction of sp³-hybridized carbons (Fsp3) is 0.619. The highest BCUT2D eigenvalue weighted by molar-refractivity contribution is 14.0. The second-order valence-electron chi connectivity index (χ2n) is 6.97. The zero-order valence-electron chi connectivity index (χ0n) is 17.7. The molecule has 0 unspecified atom stereocenters. The number of carbonyl (C=O) groups excluding carboxylic acids is 1. The molecule has 0 aliphatic carbocycles. The summed E-state index contributed by atoms with van der Waals surface area (Å²) < 4.78 is 11.1. The van der Waals surface area contributed by atoms with E-state index < -0.39 is 0 Å². The number of ether oxygens (including phenoxy) is 2. The van der Waals surface area contributed by atoms with Crippen LogP contribution in [-0.4, -0.2) is 69.6 Å². The zero-order chi connectivity index (χ0) is 20.7. The molecule has 170 valence electrons. The minimum atomic E-state index is -0.171. The lowest BCUT2D eigenvalue weighted by Gasteiger charge is -2.21. The Bertz CT molecular complexity index is 622. The van der Waals surface area contributed by atoms with Crippen molar-refractivity contribution in [3.05, 3.63) is 29.8 Å². The van der Waals surface area contributed by atoms with E-state index in [1.165, 1.54) is 12.1 Å². The number of carbonyl (C=O) groups is 1. The van der Waals surface area contributed by atoms with Crippen molar-refractivity contribution in [2.24, 2.45) is 10.9 Å². The maximum Gasteiger partial charge on any atom is 0.251 e. The SMILES string of the molecule is CCNC(=NCCCOCC1CCOCC1)NCCNC(=O)c1ccc(O)cc1.I. The van der Waals surface area contributed by atoms with Crippen LogP contribution in [0.15, 0.2) is 29.3 Å². The van der Waals surface area contributed by atoms with Gasteiger partial charge in [0.05, 0.1) is 0 Å². The van der Waals surface area contributed by atoms with E-state index in [1.54, 1.807) is 12.1 Å². The molecule has 1 saturated heterocycles. The van der Waals surface area contributed by atoms with Gasteiger partial charge in [0.15, 0.2) is 5.96 Å². The maximum atomic E-state index is 12.0. The zero-order valence-corrected chi connectivity index (χ0v) is 20.0. The van der Waals surface area contributed by atoms with Crippen LogP contribution in [0.5, 0.6) is 5.75 Å². The highest BCUT2D eigenvalue weighted by Gasteiger charge is 2.13. The molecule has 2 rings (SSSR count). The molecule has 0 aromatic heterocycles. The molecule has 1 aromatic rings. The second-order valence-corrected chi connectivity index (χ2v) is 6.97. The quantitative estimate of drug-likeness (QED) is 0.150. The monoisotopic (exact) mass is 534 g/mol. The van der Waals surface area contributed by atoms with Crippen molar-refractivity contribution in [2.45, 2.75) is 26.2 Å². The van der Waals surface area contributed by atoms with Gasteiger partial charge in [0, 0.05) is 58.2 Å². The van der Waals surface area contributed by atoms with Crippen LogP contribution in [0.1, 0.15) is 36.5 Å². The Kier molecular flexibility index (Phi) is 14.2. The van der Waals surface area contributed by atoms with Crippen LogP contribution in [0.4, 0.5) is 0 Å². The van der Waals surface area contributed by atoms with Crippen LogP contribution < -0.4 is 16.0 Å². The molecule has 8 nitrogen and oxygen atoms in total. The minimum absolute atomic E-state index is 0. The number of amides is 1. The Morgan fingerprint density at radius 3 is 2.57 bits per heavy atom. The number of guanidine groups is 1. The van der Waals surface area contributed by atoms with Crippen molar-refractivity contribution < 1.29 is 19.4 Å². The van der Waals surface area contributed by atoms with Crippen LogP contribution in [0.3, 0.4) is 0 Å². The molecule has 9 heteroatoms. The van der Waals surface area contributed by atoms with Gasteiger partial charge in [0.25, 0.3) is 5.91 Å². The second kappa shape index (κ2) is 16.1. The van der Waals surface area contributed by atoms with Gasteiger partial charge in [-0.05, 0) is 56.4 Å². The molecular formula is C21H35IN4O4. The third-order valence-electron chi connectivity index (χ3n) is 4.59. The number of nitrogens with zero attached hydrogens (tertiary/aromatic N) is 1. The highest BCUT2D eigenvalue weighted by atomic mass is 127. The van der Waals surface area contributed by atoms with Crippen molar-refractivity contribution >= 4 is 35.8 Å². The molecule has 1 amide bonds. The van der Waals surface area contributed by atoms with E-state index in [0.717, 1.165) is 51.6 Å². The van der Waals surface area contributed by atoms with Crippen LogP contribution in [-0.2, 0) is 9.47 Å². The molecule has 0 saturated carbocycles. The van der Waals surface area contributed by atoms with Crippen molar-refractivity contribution in [1.82, 2.24) is 16.0 Å². The van der Waals surface area contributed by atoms with Gasteiger partial charge >= 0.3 is 0 Å². The molecule has 1 aromatic carbocycles. The van der Waals surface area contributed by atoms with E-state index in [1.807, 2.05) is 6.92 Å². The minimum Gasteiger partial charge on any atom is -0.508 e. The van der Waals surface area contributed by atoms with E-state index in [2.05, 4.69) is 20.9 Å². The van der Waals surface area contributed by atoms with E-state index in [9.17, 15) is 9.90 Å². The Labute approximate surface area is 196 Å². The van der Waals surface area contributed by atoms with Crippen molar-refractivity contribution in [2.75, 3.05) is 52.6 Å². The van der Waals surface area contributed by atoms with Gasteiger partial charge < -0.3 is 30.5 Å². The van der Waals surface area contributed by atoms with E-state index in [0.29, 0.717) is 37.7 Å². The summed E-state index contributed by atoms with van der Waals surface area (Å²) in [7, 11) is 0. The summed E-state index contributed by atoms with van der Waals surface area (Å²) >= 11 is 0. The largest absolute Gasteiger partial charge is 0.508 e. The summed E-state index contributed by atoms with van der Waals surface area (Å²) in [5.74, 6) is 1.33. The van der Waals surface area contributed by atoms with E-state index in [-0.39, 0.29) is 35.6 Å². The molecule has 4 N–H and O–H groups in total. The molecule has 1 heterocycles. The molecule has 0 atom stereocenters. The Hall–Kier alpha value is -1.59. The number of aromatic hydroxyl groups is 1. The van der Waals surface area contributed by atoms with Gasteiger partial charge in [-0.3, -0.25) is 9.79 Å². The number of nitrogens with one attached hydrogen (secondary N) is 3. The average molecular weight is 534 g/mol. The third-order valence-corrected chi connectivity index (χ3v) is 4.59. The summed E-state index contributed by atoms with van der Waals surface area (Å²) in [5.41, 5.74) is 0.518. The number of benzene rings is 1. The lowest BCUT2D eigenvalue weighted by atomic mass is 10.0.